The Morgan fingerprint density at radius 2 is 2.17 bits per heavy atom. The van der Waals surface area contributed by atoms with Gasteiger partial charge in [-0.1, -0.05) is 26.8 Å². The lowest BCUT2D eigenvalue weighted by atomic mass is 9.72. The number of allylic oxidation sites excluding steroid dienone is 1. The van der Waals surface area contributed by atoms with Crippen LogP contribution in [0.2, 0.25) is 0 Å². The van der Waals surface area contributed by atoms with Crippen LogP contribution in [0.15, 0.2) is 29.8 Å². The maximum Gasteiger partial charge on any atom is 0.161 e. The van der Waals surface area contributed by atoms with Crippen LogP contribution in [0.25, 0.3) is 0 Å². The normalized spacial score (nSPS) is 16.4. The van der Waals surface area contributed by atoms with E-state index in [1.807, 2.05) is 6.07 Å². The molecule has 0 unspecified atom stereocenters. The van der Waals surface area contributed by atoms with Gasteiger partial charge >= 0.3 is 0 Å². The second-order valence-corrected chi connectivity index (χ2v) is 9.67. The van der Waals surface area contributed by atoms with E-state index < -0.39 is 0 Å². The predicted molar refractivity (Wildman–Crippen MR) is 120 cm³/mol. The molecule has 0 aliphatic heterocycles. The quantitative estimate of drug-likeness (QED) is 0.490. The Balaban J connectivity index is 1.95. The largest absolute Gasteiger partial charge is 0.504 e. The first-order valence-electron chi connectivity index (χ1n) is 9.88. The summed E-state index contributed by atoms with van der Waals surface area (Å²) in [5.74, 6) is 1.16. The van der Waals surface area contributed by atoms with E-state index in [1.54, 1.807) is 29.7 Å². The molecule has 0 bridgehead atoms. The number of thiophene rings is 1. The number of aliphatic imine (C=N–C) groups is 1. The van der Waals surface area contributed by atoms with E-state index in [-0.39, 0.29) is 11.2 Å². The Morgan fingerprint density at radius 1 is 1.41 bits per heavy atom. The lowest BCUT2D eigenvalue weighted by Gasteiger charge is -2.33. The number of hydrogen-bond donors (Lipinski definition) is 1. The van der Waals surface area contributed by atoms with E-state index in [9.17, 15) is 10.4 Å². The van der Waals surface area contributed by atoms with Gasteiger partial charge in [0.15, 0.2) is 11.5 Å². The molecule has 1 N–H and O–H groups in total. The van der Waals surface area contributed by atoms with Crippen LogP contribution in [0.1, 0.15) is 54.3 Å². The Labute approximate surface area is 177 Å². The molecule has 29 heavy (non-hydrogen) atoms. The van der Waals surface area contributed by atoms with E-state index in [2.05, 4.69) is 38.4 Å². The fourth-order valence-corrected chi connectivity index (χ4v) is 5.10. The number of rotatable bonds is 5. The van der Waals surface area contributed by atoms with Gasteiger partial charge in [0.25, 0.3) is 0 Å². The van der Waals surface area contributed by atoms with E-state index in [1.165, 1.54) is 17.6 Å². The summed E-state index contributed by atoms with van der Waals surface area (Å²) >= 11 is 1.64. The highest BCUT2D eigenvalue weighted by Crippen LogP contribution is 2.45. The van der Waals surface area contributed by atoms with Gasteiger partial charge in [0.05, 0.1) is 12.7 Å². The summed E-state index contributed by atoms with van der Waals surface area (Å²) in [7, 11) is 1.53. The Bertz CT molecular complexity index is 990. The summed E-state index contributed by atoms with van der Waals surface area (Å²) in [6.45, 7) is 10.6. The van der Waals surface area contributed by atoms with Gasteiger partial charge in [-0.15, -0.1) is 17.9 Å². The van der Waals surface area contributed by atoms with Crippen LogP contribution in [0.4, 0.5) is 5.00 Å². The zero-order valence-electron chi connectivity index (χ0n) is 17.6. The van der Waals surface area contributed by atoms with Gasteiger partial charge in [0, 0.05) is 16.7 Å². The molecule has 1 atom stereocenters. The number of methoxy groups -OCH3 is 1. The first-order valence-corrected chi connectivity index (χ1v) is 10.7. The fraction of sp³-hybridized carbons (Fsp3) is 0.417. The summed E-state index contributed by atoms with van der Waals surface area (Å²) in [5, 5.41) is 20.8. The SMILES string of the molecule is C=CCc1cc(C=Nc2sc3c(c2C#N)CC[C@@H](C(C)(C)C)C3)cc(OC)c1O. The number of nitrogens with zero attached hydrogens (tertiary/aromatic N) is 2. The summed E-state index contributed by atoms with van der Waals surface area (Å²) < 4.78 is 5.28. The number of nitriles is 1. The number of fused-ring (bicyclic) bond motifs is 1. The standard InChI is InChI=1S/C24H28N2O2S/c1-6-7-16-10-15(11-20(28-5)22(16)27)14-26-23-19(13-25)18-9-8-17(24(2,3)4)12-21(18)29-23/h6,10-11,14,17,27H,1,7-9,12H2,2-5H3/t17-/m1/s1. The molecule has 4 nitrogen and oxygen atoms in total. The minimum atomic E-state index is 0.127. The Hall–Kier alpha value is -2.58. The molecule has 152 valence electrons. The molecule has 1 aliphatic rings. The van der Waals surface area contributed by atoms with Crippen molar-refractivity contribution in [1.29, 1.82) is 5.26 Å². The fourth-order valence-electron chi connectivity index (χ4n) is 3.88. The molecule has 1 aromatic heterocycles. The summed E-state index contributed by atoms with van der Waals surface area (Å²) in [6.07, 6.45) is 7.10. The maximum absolute atomic E-state index is 10.3. The molecule has 1 heterocycles. The highest BCUT2D eigenvalue weighted by Gasteiger charge is 2.32. The van der Waals surface area contributed by atoms with Crippen molar-refractivity contribution in [3.63, 3.8) is 0 Å². The topological polar surface area (TPSA) is 65.6 Å². The van der Waals surface area contributed by atoms with Gasteiger partial charge in [0.1, 0.15) is 11.1 Å². The number of hydrogen-bond acceptors (Lipinski definition) is 5. The average molecular weight is 409 g/mol. The number of phenolic OH excluding ortho intramolecular Hbond substituents is 1. The highest BCUT2D eigenvalue weighted by atomic mass is 32.1. The molecule has 1 aliphatic carbocycles. The lowest BCUT2D eigenvalue weighted by molar-refractivity contribution is 0.218. The van der Waals surface area contributed by atoms with Gasteiger partial charge in [-0.05, 0) is 60.3 Å². The van der Waals surface area contributed by atoms with E-state index >= 15 is 0 Å². The number of aromatic hydroxyl groups is 1. The van der Waals surface area contributed by atoms with Crippen molar-refractivity contribution in [2.75, 3.05) is 7.11 Å². The van der Waals surface area contributed by atoms with Crippen LogP contribution in [-0.2, 0) is 19.3 Å². The minimum absolute atomic E-state index is 0.127. The maximum atomic E-state index is 10.3. The molecule has 1 aromatic carbocycles. The lowest BCUT2D eigenvalue weighted by Crippen LogP contribution is -2.26. The van der Waals surface area contributed by atoms with Gasteiger partial charge in [-0.25, -0.2) is 4.99 Å². The zero-order valence-corrected chi connectivity index (χ0v) is 18.4. The van der Waals surface area contributed by atoms with Gasteiger partial charge in [-0.2, -0.15) is 5.26 Å². The molecule has 3 rings (SSSR count). The highest BCUT2D eigenvalue weighted by molar-refractivity contribution is 7.16. The van der Waals surface area contributed by atoms with Crippen molar-refractivity contribution in [2.24, 2.45) is 16.3 Å². The molecule has 0 saturated carbocycles. The van der Waals surface area contributed by atoms with E-state index in [0.717, 1.165) is 35.4 Å². The molecule has 0 spiro atoms. The average Bonchev–Trinajstić information content (AvgIpc) is 3.04. The van der Waals surface area contributed by atoms with Crippen LogP contribution in [0.5, 0.6) is 11.5 Å². The van der Waals surface area contributed by atoms with Crippen molar-refractivity contribution in [2.45, 2.75) is 46.5 Å². The third-order valence-corrected chi connectivity index (χ3v) is 6.84. The van der Waals surface area contributed by atoms with Crippen molar-refractivity contribution in [1.82, 2.24) is 0 Å². The second-order valence-electron chi connectivity index (χ2n) is 8.58. The smallest absolute Gasteiger partial charge is 0.161 e. The molecule has 2 aromatic rings. The third kappa shape index (κ3) is 4.38. The number of phenols is 1. The first kappa shape index (κ1) is 21.1. The predicted octanol–water partition coefficient (Wildman–Crippen LogP) is 5.96. The zero-order chi connectivity index (χ0) is 21.2. The van der Waals surface area contributed by atoms with Crippen molar-refractivity contribution >= 4 is 22.6 Å². The number of benzene rings is 1. The molecule has 0 fully saturated rings. The molecule has 0 radical (unpaired) electrons. The van der Waals surface area contributed by atoms with Crippen LogP contribution < -0.4 is 4.74 Å². The molecule has 0 amide bonds. The van der Waals surface area contributed by atoms with Gasteiger partial charge < -0.3 is 9.84 Å². The van der Waals surface area contributed by atoms with Crippen molar-refractivity contribution < 1.29 is 9.84 Å². The van der Waals surface area contributed by atoms with Crippen molar-refractivity contribution in [3.8, 4) is 17.6 Å². The second kappa shape index (κ2) is 8.42. The monoisotopic (exact) mass is 408 g/mol. The number of ether oxygens (including phenoxy) is 1. The third-order valence-electron chi connectivity index (χ3n) is 5.67. The van der Waals surface area contributed by atoms with Crippen LogP contribution in [0, 0.1) is 22.7 Å². The minimum Gasteiger partial charge on any atom is -0.504 e. The van der Waals surface area contributed by atoms with E-state index in [0.29, 0.717) is 23.7 Å². The van der Waals surface area contributed by atoms with Crippen molar-refractivity contribution in [3.05, 3.63) is 51.9 Å². The molecule has 5 heteroatoms. The summed E-state index contributed by atoms with van der Waals surface area (Å²) in [6, 6.07) is 6.00. The summed E-state index contributed by atoms with van der Waals surface area (Å²) in [5.41, 5.74) is 3.72. The van der Waals surface area contributed by atoms with E-state index in [4.69, 9.17) is 4.74 Å². The van der Waals surface area contributed by atoms with Gasteiger partial charge in [0.2, 0.25) is 0 Å². The van der Waals surface area contributed by atoms with Crippen LogP contribution in [0.3, 0.4) is 0 Å². The summed E-state index contributed by atoms with van der Waals surface area (Å²) in [4.78, 5) is 5.96. The van der Waals surface area contributed by atoms with Crippen LogP contribution in [-0.4, -0.2) is 18.4 Å². The van der Waals surface area contributed by atoms with Gasteiger partial charge in [-0.3, -0.25) is 0 Å². The first-order chi connectivity index (χ1) is 13.8. The molecule has 0 saturated heterocycles. The Kier molecular flexibility index (Phi) is 6.14. The van der Waals surface area contributed by atoms with Crippen LogP contribution >= 0.6 is 11.3 Å². The Morgan fingerprint density at radius 3 is 2.79 bits per heavy atom. The molecular formula is C24H28N2O2S. The molecular weight excluding hydrogens is 380 g/mol.